The van der Waals surface area contributed by atoms with Crippen LogP contribution in [0.1, 0.15) is 43.0 Å². The fourth-order valence-electron chi connectivity index (χ4n) is 4.06. The molecule has 3 rings (SSSR count). The molecule has 0 spiro atoms. The number of hydrogen-bond donors (Lipinski definition) is 1. The Kier molecular flexibility index (Phi) is 9.16. The van der Waals surface area contributed by atoms with Crippen molar-refractivity contribution >= 4 is 23.4 Å². The number of carbonyl (C=O) groups is 2. The molecule has 0 unspecified atom stereocenters. The van der Waals surface area contributed by atoms with Gasteiger partial charge in [-0.2, -0.15) is 0 Å². The van der Waals surface area contributed by atoms with Crippen LogP contribution in [-0.4, -0.2) is 34.9 Å². The number of ether oxygens (including phenoxy) is 1. The van der Waals surface area contributed by atoms with Crippen LogP contribution in [0.4, 0.5) is 0 Å². The second kappa shape index (κ2) is 12.1. The largest absolute Gasteiger partial charge is 0.484 e. The third-order valence-electron chi connectivity index (χ3n) is 5.63. The summed E-state index contributed by atoms with van der Waals surface area (Å²) in [4.78, 5) is 28.8. The first-order chi connectivity index (χ1) is 17.0. The highest BCUT2D eigenvalue weighted by Gasteiger charge is 2.32. The Labute approximate surface area is 219 Å². The Bertz CT molecular complexity index is 1170. The number of benzene rings is 3. The molecule has 0 aliphatic rings. The van der Waals surface area contributed by atoms with Gasteiger partial charge in [-0.1, -0.05) is 66.2 Å². The zero-order valence-corrected chi connectivity index (χ0v) is 22.4. The van der Waals surface area contributed by atoms with Crippen molar-refractivity contribution in [3.8, 4) is 5.75 Å². The van der Waals surface area contributed by atoms with Crippen LogP contribution >= 0.6 is 11.6 Å². The van der Waals surface area contributed by atoms with Crippen LogP contribution in [0.25, 0.3) is 0 Å². The number of rotatable bonds is 9. The maximum Gasteiger partial charge on any atom is 0.261 e. The highest BCUT2D eigenvalue weighted by molar-refractivity contribution is 6.31. The van der Waals surface area contributed by atoms with E-state index in [2.05, 4.69) is 5.32 Å². The zero-order chi connectivity index (χ0) is 26.3. The average Bonchev–Trinajstić information content (AvgIpc) is 2.80. The Morgan fingerprint density at radius 1 is 0.944 bits per heavy atom. The summed E-state index contributed by atoms with van der Waals surface area (Å²) in [5.74, 6) is 0.106. The number of nitrogens with one attached hydrogen (secondary N) is 1. The summed E-state index contributed by atoms with van der Waals surface area (Å²) < 4.78 is 5.90. The molecule has 0 radical (unpaired) electrons. The minimum Gasteiger partial charge on any atom is -0.484 e. The van der Waals surface area contributed by atoms with Crippen molar-refractivity contribution in [2.24, 2.45) is 0 Å². The van der Waals surface area contributed by atoms with Crippen molar-refractivity contribution in [2.75, 3.05) is 6.61 Å². The first-order valence-corrected chi connectivity index (χ1v) is 12.5. The van der Waals surface area contributed by atoms with Crippen LogP contribution < -0.4 is 10.1 Å². The van der Waals surface area contributed by atoms with Gasteiger partial charge in [0.1, 0.15) is 11.8 Å². The summed E-state index contributed by atoms with van der Waals surface area (Å²) in [6.45, 7) is 9.73. The van der Waals surface area contributed by atoms with Gasteiger partial charge in [-0.05, 0) is 75.1 Å². The van der Waals surface area contributed by atoms with E-state index in [9.17, 15) is 9.59 Å². The first-order valence-electron chi connectivity index (χ1n) is 12.1. The van der Waals surface area contributed by atoms with E-state index in [0.717, 1.165) is 22.3 Å². The Morgan fingerprint density at radius 2 is 1.56 bits per heavy atom. The predicted molar refractivity (Wildman–Crippen MR) is 145 cm³/mol. The molecule has 36 heavy (non-hydrogen) atoms. The fourth-order valence-corrected chi connectivity index (χ4v) is 4.26. The molecule has 2 amide bonds. The summed E-state index contributed by atoms with van der Waals surface area (Å²) in [7, 11) is 0. The molecular weight excluding hydrogens is 472 g/mol. The Balaban J connectivity index is 1.95. The summed E-state index contributed by atoms with van der Waals surface area (Å²) >= 11 is 6.46. The lowest BCUT2D eigenvalue weighted by atomic mass is 10.0. The van der Waals surface area contributed by atoms with Gasteiger partial charge in [0.15, 0.2) is 6.61 Å². The lowest BCUT2D eigenvalue weighted by Gasteiger charge is -2.34. The van der Waals surface area contributed by atoms with Gasteiger partial charge in [0, 0.05) is 23.5 Å². The van der Waals surface area contributed by atoms with Crippen molar-refractivity contribution in [3.05, 3.63) is 100 Å². The van der Waals surface area contributed by atoms with E-state index in [1.165, 1.54) is 0 Å². The maximum atomic E-state index is 13.7. The molecule has 0 aromatic heterocycles. The van der Waals surface area contributed by atoms with E-state index >= 15 is 0 Å². The first kappa shape index (κ1) is 27.3. The van der Waals surface area contributed by atoms with Crippen LogP contribution in [0.15, 0.2) is 72.8 Å². The molecule has 0 bridgehead atoms. The molecule has 0 fully saturated rings. The van der Waals surface area contributed by atoms with E-state index in [1.807, 2.05) is 101 Å². The summed E-state index contributed by atoms with van der Waals surface area (Å²) in [5.41, 5.74) is 3.37. The zero-order valence-electron chi connectivity index (χ0n) is 21.7. The third kappa shape index (κ3) is 8.13. The van der Waals surface area contributed by atoms with Crippen molar-refractivity contribution in [1.29, 1.82) is 0 Å². The molecule has 5 nitrogen and oxygen atoms in total. The van der Waals surface area contributed by atoms with Crippen LogP contribution in [0.3, 0.4) is 0 Å². The smallest absolute Gasteiger partial charge is 0.261 e. The molecule has 190 valence electrons. The van der Waals surface area contributed by atoms with Gasteiger partial charge in [0.2, 0.25) is 5.91 Å². The van der Waals surface area contributed by atoms with Gasteiger partial charge in [-0.25, -0.2) is 0 Å². The standard InChI is InChI=1S/C30H35ClN2O3/c1-21-15-22(2)17-25(16-21)36-20-28(34)33(19-24-13-9-10-14-26(24)31)27(29(35)32-30(3,4)5)18-23-11-7-6-8-12-23/h6-17,27H,18-20H2,1-5H3,(H,32,35)/t27-/m0/s1. The highest BCUT2D eigenvalue weighted by atomic mass is 35.5. The quantitative estimate of drug-likeness (QED) is 0.393. The number of carbonyl (C=O) groups excluding carboxylic acids is 2. The van der Waals surface area contributed by atoms with Gasteiger partial charge < -0.3 is 15.0 Å². The molecule has 6 heteroatoms. The van der Waals surface area contributed by atoms with E-state index in [-0.39, 0.29) is 25.0 Å². The molecule has 1 atom stereocenters. The Hall–Kier alpha value is -3.31. The second-order valence-corrected chi connectivity index (χ2v) is 10.6. The number of hydrogen-bond acceptors (Lipinski definition) is 3. The predicted octanol–water partition coefficient (Wildman–Crippen LogP) is 5.89. The molecular formula is C30H35ClN2O3. The monoisotopic (exact) mass is 506 g/mol. The molecule has 0 aliphatic heterocycles. The molecule has 0 saturated heterocycles. The van der Waals surface area contributed by atoms with Crippen LogP contribution in [0.2, 0.25) is 5.02 Å². The minimum absolute atomic E-state index is 0.184. The fraction of sp³-hybridized carbons (Fsp3) is 0.333. The lowest BCUT2D eigenvalue weighted by Crippen LogP contribution is -2.55. The van der Waals surface area contributed by atoms with Gasteiger partial charge in [-0.15, -0.1) is 0 Å². The number of amides is 2. The highest BCUT2D eigenvalue weighted by Crippen LogP contribution is 2.22. The number of aryl methyl sites for hydroxylation is 2. The van der Waals surface area contributed by atoms with Crippen LogP contribution in [0, 0.1) is 13.8 Å². The summed E-state index contributed by atoms with van der Waals surface area (Å²) in [6, 6.07) is 22.2. The second-order valence-electron chi connectivity index (χ2n) is 10.2. The van der Waals surface area contributed by atoms with Gasteiger partial charge in [-0.3, -0.25) is 9.59 Å². The molecule has 3 aromatic carbocycles. The van der Waals surface area contributed by atoms with Crippen molar-refractivity contribution in [2.45, 2.75) is 59.2 Å². The van der Waals surface area contributed by atoms with Gasteiger partial charge in [0.25, 0.3) is 5.91 Å². The van der Waals surface area contributed by atoms with Crippen LogP contribution in [0.5, 0.6) is 5.75 Å². The molecule has 0 aliphatic carbocycles. The van der Waals surface area contributed by atoms with E-state index < -0.39 is 11.6 Å². The molecule has 1 N–H and O–H groups in total. The van der Waals surface area contributed by atoms with Crippen molar-refractivity contribution < 1.29 is 14.3 Å². The van der Waals surface area contributed by atoms with Gasteiger partial charge in [0.05, 0.1) is 0 Å². The molecule has 0 saturated carbocycles. The SMILES string of the molecule is Cc1cc(C)cc(OCC(=O)N(Cc2ccccc2Cl)[C@@H](Cc2ccccc2)C(=O)NC(C)(C)C)c1. The normalized spacial score (nSPS) is 12.1. The topological polar surface area (TPSA) is 58.6 Å². The Morgan fingerprint density at radius 3 is 2.17 bits per heavy atom. The number of nitrogens with zero attached hydrogens (tertiary/aromatic N) is 1. The molecule has 0 heterocycles. The van der Waals surface area contributed by atoms with E-state index in [0.29, 0.717) is 17.2 Å². The van der Waals surface area contributed by atoms with Crippen molar-refractivity contribution in [1.82, 2.24) is 10.2 Å². The average molecular weight is 507 g/mol. The molecule has 3 aromatic rings. The number of halogens is 1. The third-order valence-corrected chi connectivity index (χ3v) is 5.99. The summed E-state index contributed by atoms with van der Waals surface area (Å²) in [6.07, 6.45) is 0.364. The minimum atomic E-state index is -0.752. The maximum absolute atomic E-state index is 13.7. The van der Waals surface area contributed by atoms with Gasteiger partial charge >= 0.3 is 0 Å². The van der Waals surface area contributed by atoms with E-state index in [4.69, 9.17) is 16.3 Å². The van der Waals surface area contributed by atoms with Crippen molar-refractivity contribution in [3.63, 3.8) is 0 Å². The lowest BCUT2D eigenvalue weighted by molar-refractivity contribution is -0.143. The van der Waals surface area contributed by atoms with E-state index in [1.54, 1.807) is 11.0 Å². The summed E-state index contributed by atoms with van der Waals surface area (Å²) in [5, 5.41) is 3.60. The van der Waals surface area contributed by atoms with Crippen LogP contribution in [-0.2, 0) is 22.6 Å².